The number of hydrogen-bond donors (Lipinski definition) is 0. The minimum Gasteiger partial charge on any atom is -1.00 e. The highest BCUT2D eigenvalue weighted by atomic mass is 35.5. The fraction of sp³-hybridized carbons (Fsp3) is 0.800. The number of unbranched alkanes of at least 4 members (excludes halogenated alkanes) is 16. The minimum absolute atomic E-state index is 0. The van der Waals surface area contributed by atoms with E-state index in [1.54, 1.807) is 0 Å². The number of nitrogens with zero attached hydrogens (tertiary/aromatic N) is 1. The molecule has 0 amide bonds. The van der Waals surface area contributed by atoms with Gasteiger partial charge in [0.2, 0.25) is 0 Å². The van der Waals surface area contributed by atoms with Crippen molar-refractivity contribution in [1.82, 2.24) is 0 Å². The summed E-state index contributed by atoms with van der Waals surface area (Å²) in [5.41, 5.74) is 0. The number of rotatable bonds is 30. The van der Waals surface area contributed by atoms with Gasteiger partial charge in [-0.15, -0.1) is 0 Å². The second-order valence-electron chi connectivity index (χ2n) is 13.6. The van der Waals surface area contributed by atoms with Crippen molar-refractivity contribution >= 4 is 0 Å². The Balaban J connectivity index is 0.0000185. The van der Waals surface area contributed by atoms with Crippen LogP contribution in [0, 0.1) is 0 Å². The second-order valence-corrected chi connectivity index (χ2v) is 13.6. The Labute approximate surface area is 282 Å². The molecule has 0 N–H and O–H groups in total. The quantitative estimate of drug-likeness (QED) is 0.0446. The van der Waals surface area contributed by atoms with Crippen LogP contribution in [0.4, 0.5) is 0 Å². The van der Waals surface area contributed by atoms with Crippen LogP contribution in [0.5, 0.6) is 0 Å². The monoisotopic (exact) mass is 636 g/mol. The number of halogens is 1. The molecule has 4 heteroatoms. The highest BCUT2D eigenvalue weighted by Gasteiger charge is 2.41. The summed E-state index contributed by atoms with van der Waals surface area (Å²) in [4.78, 5) is 0. The summed E-state index contributed by atoms with van der Waals surface area (Å²) >= 11 is 0. The Hall–Kier alpha value is -0.870. The summed E-state index contributed by atoms with van der Waals surface area (Å²) in [7, 11) is 4.64. The Morgan fingerprint density at radius 3 is 1.14 bits per heavy atom. The molecule has 0 aliphatic carbocycles. The average molecular weight is 636 g/mol. The lowest BCUT2D eigenvalue weighted by Crippen LogP contribution is -3.00. The minimum atomic E-state index is 0. The van der Waals surface area contributed by atoms with Crippen molar-refractivity contribution in [2.45, 2.75) is 167 Å². The van der Waals surface area contributed by atoms with E-state index in [2.05, 4.69) is 76.6 Å². The first-order chi connectivity index (χ1) is 21.1. The first kappa shape index (κ1) is 43.1. The third-order valence-corrected chi connectivity index (χ3v) is 8.62. The fourth-order valence-electron chi connectivity index (χ4n) is 5.87. The van der Waals surface area contributed by atoms with Crippen LogP contribution in [0.2, 0.25) is 0 Å². The van der Waals surface area contributed by atoms with Gasteiger partial charge >= 0.3 is 0 Å². The van der Waals surface area contributed by atoms with Gasteiger partial charge in [0.05, 0.1) is 14.1 Å². The number of ether oxygens (including phenoxy) is 2. The zero-order valence-corrected chi connectivity index (χ0v) is 30.6. The molecule has 44 heavy (non-hydrogen) atoms. The highest BCUT2D eigenvalue weighted by Crippen LogP contribution is 2.22. The third-order valence-electron chi connectivity index (χ3n) is 8.62. The van der Waals surface area contributed by atoms with E-state index < -0.39 is 0 Å². The topological polar surface area (TPSA) is 18.5 Å². The maximum Gasteiger partial charge on any atom is 0.138 e. The molecule has 3 nitrogen and oxygen atoms in total. The van der Waals surface area contributed by atoms with Crippen molar-refractivity contribution in [3.8, 4) is 0 Å². The van der Waals surface area contributed by atoms with Crippen LogP contribution >= 0.6 is 0 Å². The van der Waals surface area contributed by atoms with Crippen LogP contribution in [0.25, 0.3) is 0 Å². The predicted molar refractivity (Wildman–Crippen MR) is 191 cm³/mol. The van der Waals surface area contributed by atoms with Gasteiger partial charge in [-0.1, -0.05) is 140 Å². The van der Waals surface area contributed by atoms with Gasteiger partial charge in [-0.05, 0) is 64.2 Å². The molecule has 0 aromatic carbocycles. The summed E-state index contributed by atoms with van der Waals surface area (Å²) in [6, 6.07) is 0. The van der Waals surface area contributed by atoms with Gasteiger partial charge in [0.15, 0.2) is 0 Å². The molecule has 0 saturated carbocycles. The zero-order chi connectivity index (χ0) is 31.1. The van der Waals surface area contributed by atoms with Gasteiger partial charge in [0.1, 0.15) is 25.3 Å². The molecule has 258 valence electrons. The normalized spacial score (nSPS) is 18.5. The van der Waals surface area contributed by atoms with E-state index in [9.17, 15) is 0 Å². The number of quaternary nitrogens is 1. The molecule has 0 unspecified atom stereocenters. The first-order valence-corrected chi connectivity index (χ1v) is 18.7. The molecule has 1 fully saturated rings. The Morgan fingerprint density at radius 1 is 0.455 bits per heavy atom. The Bertz CT molecular complexity index is 656. The number of likely N-dealkylation sites (tertiary alicyclic amines) is 1. The van der Waals surface area contributed by atoms with Crippen LogP contribution < -0.4 is 12.4 Å². The van der Waals surface area contributed by atoms with Crippen LogP contribution in [0.15, 0.2) is 48.6 Å². The summed E-state index contributed by atoms with van der Waals surface area (Å²) in [6.45, 7) is 8.45. The standard InChI is InChI=1S/C40H74NO2.ClH/c1-5-7-9-11-13-15-17-19-21-23-25-27-29-31-33-35-42-39-37-41(3,4)38-40(39)43-36-34-32-30-28-26-24-22-20-18-16-14-12-10-8-6-2;/h11-14,17-20,39-40H,5-10,15-16,21-38H2,1-4H3;1H/q+1;/p-1/b13-11-,14-12-,19-17-,20-18-;/t39-,40-;/m0./s1. The average Bonchev–Trinajstić information content (AvgIpc) is 3.29. The summed E-state index contributed by atoms with van der Waals surface area (Å²) in [5.74, 6) is 0. The molecule has 2 atom stereocenters. The smallest absolute Gasteiger partial charge is 0.138 e. The van der Waals surface area contributed by atoms with E-state index in [0.717, 1.165) is 43.6 Å². The van der Waals surface area contributed by atoms with Crippen molar-refractivity contribution < 1.29 is 26.4 Å². The maximum atomic E-state index is 6.38. The van der Waals surface area contributed by atoms with Crippen molar-refractivity contribution in [1.29, 1.82) is 0 Å². The zero-order valence-electron chi connectivity index (χ0n) is 29.8. The lowest BCUT2D eigenvalue weighted by atomic mass is 10.1. The van der Waals surface area contributed by atoms with Gasteiger partial charge in [-0.2, -0.15) is 0 Å². The maximum absolute atomic E-state index is 6.38. The second kappa shape index (κ2) is 32.1. The van der Waals surface area contributed by atoms with Gasteiger partial charge in [-0.25, -0.2) is 0 Å². The molecule has 0 radical (unpaired) electrons. The molecule has 0 spiro atoms. The number of likely N-dealkylation sites (N-methyl/N-ethyl adjacent to an activating group) is 1. The third kappa shape index (κ3) is 27.4. The van der Waals surface area contributed by atoms with E-state index >= 15 is 0 Å². The molecular weight excluding hydrogens is 562 g/mol. The lowest BCUT2D eigenvalue weighted by Gasteiger charge is -2.22. The van der Waals surface area contributed by atoms with E-state index in [4.69, 9.17) is 9.47 Å². The van der Waals surface area contributed by atoms with E-state index in [-0.39, 0.29) is 24.6 Å². The van der Waals surface area contributed by atoms with Gasteiger partial charge in [0, 0.05) is 13.2 Å². The molecule has 0 bridgehead atoms. The summed E-state index contributed by atoms with van der Waals surface area (Å²) in [6.07, 6.45) is 47.3. The fourth-order valence-corrected chi connectivity index (χ4v) is 5.87. The van der Waals surface area contributed by atoms with E-state index in [1.165, 1.54) is 128 Å². The molecule has 1 saturated heterocycles. The van der Waals surface area contributed by atoms with Gasteiger partial charge in [-0.3, -0.25) is 0 Å². The molecule has 1 heterocycles. The van der Waals surface area contributed by atoms with Gasteiger partial charge in [0.25, 0.3) is 0 Å². The van der Waals surface area contributed by atoms with E-state index in [1.807, 2.05) is 0 Å². The number of hydrogen-bond acceptors (Lipinski definition) is 2. The largest absolute Gasteiger partial charge is 1.00 e. The SMILES string of the molecule is CCCC/C=C\C/C=C\CCCCCCCCO[C@H]1C[N+](C)(C)C[C@@H]1OCCCCCCCC/C=C\C/C=C\CCCC.[Cl-]. The van der Waals surface area contributed by atoms with Crippen LogP contribution in [0.1, 0.15) is 155 Å². The van der Waals surface area contributed by atoms with Crippen molar-refractivity contribution in [2.75, 3.05) is 40.4 Å². The van der Waals surface area contributed by atoms with E-state index in [0.29, 0.717) is 0 Å². The van der Waals surface area contributed by atoms with Crippen molar-refractivity contribution in [3.63, 3.8) is 0 Å². The van der Waals surface area contributed by atoms with Crippen molar-refractivity contribution in [2.24, 2.45) is 0 Å². The highest BCUT2D eigenvalue weighted by molar-refractivity contribution is 4.93. The number of allylic oxidation sites excluding steroid dienone is 8. The summed E-state index contributed by atoms with van der Waals surface area (Å²) < 4.78 is 13.8. The van der Waals surface area contributed by atoms with Crippen LogP contribution in [0.3, 0.4) is 0 Å². The summed E-state index contributed by atoms with van der Waals surface area (Å²) in [5, 5.41) is 0. The first-order valence-electron chi connectivity index (χ1n) is 18.7. The lowest BCUT2D eigenvalue weighted by molar-refractivity contribution is -0.880. The van der Waals surface area contributed by atoms with Crippen LogP contribution in [-0.2, 0) is 9.47 Å². The van der Waals surface area contributed by atoms with Crippen LogP contribution in [-0.4, -0.2) is 57.1 Å². The Kier molecular flexibility index (Phi) is 31.5. The molecule has 1 rings (SSSR count). The van der Waals surface area contributed by atoms with Crippen molar-refractivity contribution in [3.05, 3.63) is 48.6 Å². The molecule has 1 aliphatic rings. The molecular formula is C40H74ClNO2. The Morgan fingerprint density at radius 2 is 0.773 bits per heavy atom. The molecule has 0 aromatic rings. The predicted octanol–water partition coefficient (Wildman–Crippen LogP) is 8.70. The molecule has 0 aromatic heterocycles. The van der Waals surface area contributed by atoms with Gasteiger partial charge < -0.3 is 26.4 Å². The molecule has 1 aliphatic heterocycles.